The highest BCUT2D eigenvalue weighted by atomic mass is 15.1. The van der Waals surface area contributed by atoms with Crippen molar-refractivity contribution in [2.24, 2.45) is 0 Å². The molecule has 3 rings (SSSR count). The molecule has 3 nitrogen and oxygen atoms in total. The number of benzene rings is 1. The minimum Gasteiger partial charge on any atom is -0.328 e. The predicted molar refractivity (Wildman–Crippen MR) is 70.1 cm³/mol. The fourth-order valence-electron chi connectivity index (χ4n) is 2.79. The summed E-state index contributed by atoms with van der Waals surface area (Å²) in [6.07, 6.45) is 3.65. The van der Waals surface area contributed by atoms with Crippen molar-refractivity contribution in [1.29, 1.82) is 0 Å². The second-order valence-electron chi connectivity index (χ2n) is 4.76. The fraction of sp³-hybridized carbons (Fsp3) is 0.500. The van der Waals surface area contributed by atoms with Gasteiger partial charge in [0.05, 0.1) is 11.0 Å². The van der Waals surface area contributed by atoms with Gasteiger partial charge in [-0.15, -0.1) is 0 Å². The lowest BCUT2D eigenvalue weighted by atomic mass is 10.1. The van der Waals surface area contributed by atoms with Crippen LogP contribution in [0.2, 0.25) is 0 Å². The van der Waals surface area contributed by atoms with Gasteiger partial charge >= 0.3 is 0 Å². The normalized spacial score (nSPS) is 20.2. The van der Waals surface area contributed by atoms with Gasteiger partial charge in [0.25, 0.3) is 0 Å². The Labute approximate surface area is 102 Å². The number of hydrogen-bond donors (Lipinski definition) is 1. The maximum Gasteiger partial charge on any atom is 0.111 e. The summed E-state index contributed by atoms with van der Waals surface area (Å²) in [5.74, 6) is 1.23. The molecule has 0 spiro atoms. The first-order chi connectivity index (χ1) is 8.38. The Morgan fingerprint density at radius 3 is 3.06 bits per heavy atom. The van der Waals surface area contributed by atoms with E-state index in [0.29, 0.717) is 6.04 Å². The number of hydrogen-bond acceptors (Lipinski definition) is 2. The van der Waals surface area contributed by atoms with E-state index in [1.54, 1.807) is 0 Å². The van der Waals surface area contributed by atoms with E-state index in [1.807, 2.05) is 0 Å². The van der Waals surface area contributed by atoms with E-state index in [0.717, 1.165) is 25.0 Å². The van der Waals surface area contributed by atoms with Crippen molar-refractivity contribution in [3.05, 3.63) is 30.1 Å². The molecule has 2 heterocycles. The second kappa shape index (κ2) is 4.49. The monoisotopic (exact) mass is 229 g/mol. The van der Waals surface area contributed by atoms with Crippen LogP contribution in [-0.2, 0) is 13.0 Å². The maximum absolute atomic E-state index is 4.77. The maximum atomic E-state index is 4.77. The zero-order chi connectivity index (χ0) is 11.7. The standard InChI is InChI=1S/C14H19N3/c1-2-17-13-8-4-3-7-12(13)16-14(17)10-11-6-5-9-15-11/h3-4,7-8,11,15H,2,5-6,9-10H2,1H3. The minimum atomic E-state index is 0.622. The lowest BCUT2D eigenvalue weighted by Gasteiger charge is -2.11. The summed E-state index contributed by atoms with van der Waals surface area (Å²) in [7, 11) is 0. The molecule has 1 unspecified atom stereocenters. The van der Waals surface area contributed by atoms with Gasteiger partial charge in [-0.05, 0) is 38.4 Å². The van der Waals surface area contributed by atoms with E-state index in [2.05, 4.69) is 41.1 Å². The van der Waals surface area contributed by atoms with Crippen molar-refractivity contribution in [3.63, 3.8) is 0 Å². The third-order valence-corrected chi connectivity index (χ3v) is 3.64. The summed E-state index contributed by atoms with van der Waals surface area (Å²) in [5, 5.41) is 3.55. The molecule has 1 aromatic carbocycles. The average molecular weight is 229 g/mol. The Morgan fingerprint density at radius 1 is 1.41 bits per heavy atom. The van der Waals surface area contributed by atoms with Crippen molar-refractivity contribution in [2.45, 2.75) is 38.8 Å². The molecular weight excluding hydrogens is 210 g/mol. The molecule has 1 aromatic heterocycles. The van der Waals surface area contributed by atoms with Crippen LogP contribution >= 0.6 is 0 Å². The van der Waals surface area contributed by atoms with E-state index in [9.17, 15) is 0 Å². The molecule has 1 atom stereocenters. The van der Waals surface area contributed by atoms with Crippen molar-refractivity contribution in [3.8, 4) is 0 Å². The Balaban J connectivity index is 1.96. The third kappa shape index (κ3) is 1.95. The lowest BCUT2D eigenvalue weighted by Crippen LogP contribution is -2.25. The highest BCUT2D eigenvalue weighted by Gasteiger charge is 2.18. The van der Waals surface area contributed by atoms with Gasteiger partial charge in [-0.25, -0.2) is 4.98 Å². The van der Waals surface area contributed by atoms with Gasteiger partial charge in [0.1, 0.15) is 5.82 Å². The molecule has 0 bridgehead atoms. The van der Waals surface area contributed by atoms with E-state index in [-0.39, 0.29) is 0 Å². The van der Waals surface area contributed by atoms with Crippen molar-refractivity contribution >= 4 is 11.0 Å². The van der Waals surface area contributed by atoms with Crippen LogP contribution in [0.1, 0.15) is 25.6 Å². The van der Waals surface area contributed by atoms with Gasteiger partial charge in [0.15, 0.2) is 0 Å². The molecular formula is C14H19N3. The molecule has 0 aliphatic carbocycles. The van der Waals surface area contributed by atoms with Crippen LogP contribution in [0.4, 0.5) is 0 Å². The Hall–Kier alpha value is -1.35. The van der Waals surface area contributed by atoms with Gasteiger partial charge in [0, 0.05) is 19.0 Å². The molecule has 0 amide bonds. The van der Waals surface area contributed by atoms with Gasteiger partial charge in [-0.1, -0.05) is 12.1 Å². The van der Waals surface area contributed by atoms with Gasteiger partial charge in [-0.2, -0.15) is 0 Å². The van der Waals surface area contributed by atoms with E-state index < -0.39 is 0 Å². The van der Waals surface area contributed by atoms with Crippen LogP contribution in [0.25, 0.3) is 11.0 Å². The van der Waals surface area contributed by atoms with Crippen molar-refractivity contribution < 1.29 is 0 Å². The molecule has 1 aliphatic rings. The molecule has 1 N–H and O–H groups in total. The smallest absolute Gasteiger partial charge is 0.111 e. The number of aryl methyl sites for hydroxylation is 1. The number of nitrogens with zero attached hydrogens (tertiary/aromatic N) is 2. The molecule has 1 aliphatic heterocycles. The van der Waals surface area contributed by atoms with Crippen molar-refractivity contribution in [1.82, 2.24) is 14.9 Å². The summed E-state index contributed by atoms with van der Waals surface area (Å²) in [5.41, 5.74) is 2.39. The lowest BCUT2D eigenvalue weighted by molar-refractivity contribution is 0.565. The number of rotatable bonds is 3. The summed E-state index contributed by atoms with van der Waals surface area (Å²) in [6, 6.07) is 9.04. The largest absolute Gasteiger partial charge is 0.328 e. The van der Waals surface area contributed by atoms with E-state index in [4.69, 9.17) is 4.98 Å². The van der Waals surface area contributed by atoms with Crippen LogP contribution in [-0.4, -0.2) is 22.1 Å². The number of aromatic nitrogens is 2. The fourth-order valence-corrected chi connectivity index (χ4v) is 2.79. The summed E-state index contributed by atoms with van der Waals surface area (Å²) in [6.45, 7) is 4.36. The van der Waals surface area contributed by atoms with Crippen LogP contribution in [0.5, 0.6) is 0 Å². The molecule has 1 fully saturated rings. The first-order valence-electron chi connectivity index (χ1n) is 6.56. The number of nitrogens with one attached hydrogen (secondary N) is 1. The quantitative estimate of drug-likeness (QED) is 0.875. The SMILES string of the molecule is CCn1c(CC2CCCN2)nc2ccccc21. The first kappa shape index (κ1) is 10.8. The highest BCUT2D eigenvalue weighted by Crippen LogP contribution is 2.18. The third-order valence-electron chi connectivity index (χ3n) is 3.64. The van der Waals surface area contributed by atoms with Gasteiger partial charge in [-0.3, -0.25) is 0 Å². The van der Waals surface area contributed by atoms with Crippen LogP contribution in [0.3, 0.4) is 0 Å². The summed E-state index contributed by atoms with van der Waals surface area (Å²) in [4.78, 5) is 4.77. The van der Waals surface area contributed by atoms with Gasteiger partial charge < -0.3 is 9.88 Å². The number of fused-ring (bicyclic) bond motifs is 1. The van der Waals surface area contributed by atoms with Crippen LogP contribution in [0.15, 0.2) is 24.3 Å². The molecule has 0 radical (unpaired) electrons. The molecule has 90 valence electrons. The van der Waals surface area contributed by atoms with Gasteiger partial charge in [0.2, 0.25) is 0 Å². The molecule has 0 saturated carbocycles. The molecule has 17 heavy (non-hydrogen) atoms. The van der Waals surface area contributed by atoms with Crippen molar-refractivity contribution in [2.75, 3.05) is 6.54 Å². The number of para-hydroxylation sites is 2. The Kier molecular flexibility index (Phi) is 2.85. The molecule has 1 saturated heterocycles. The zero-order valence-corrected chi connectivity index (χ0v) is 10.3. The molecule has 3 heteroatoms. The van der Waals surface area contributed by atoms with E-state index >= 15 is 0 Å². The molecule has 2 aromatic rings. The number of imidazole rings is 1. The van der Waals surface area contributed by atoms with Crippen LogP contribution in [0, 0.1) is 0 Å². The Bertz CT molecular complexity index is 509. The average Bonchev–Trinajstić information content (AvgIpc) is 2.96. The van der Waals surface area contributed by atoms with E-state index in [1.165, 1.54) is 24.2 Å². The first-order valence-corrected chi connectivity index (χ1v) is 6.56. The Morgan fingerprint density at radius 2 is 2.29 bits per heavy atom. The topological polar surface area (TPSA) is 29.9 Å². The zero-order valence-electron chi connectivity index (χ0n) is 10.3. The second-order valence-corrected chi connectivity index (χ2v) is 4.76. The summed E-state index contributed by atoms with van der Waals surface area (Å²) < 4.78 is 2.34. The highest BCUT2D eigenvalue weighted by molar-refractivity contribution is 5.75. The minimum absolute atomic E-state index is 0.622. The predicted octanol–water partition coefficient (Wildman–Crippen LogP) is 2.35. The summed E-state index contributed by atoms with van der Waals surface area (Å²) >= 11 is 0. The van der Waals surface area contributed by atoms with Crippen LogP contribution < -0.4 is 5.32 Å².